The molecule has 2 aromatic carbocycles. The highest BCUT2D eigenvalue weighted by atomic mass is 16.5. The highest BCUT2D eigenvalue weighted by Crippen LogP contribution is 2.20. The van der Waals surface area contributed by atoms with Crippen LogP contribution in [-0.4, -0.2) is 60.6 Å². The second-order valence-electron chi connectivity index (χ2n) is 7.90. The number of carbonyl (C=O) groups excluding carboxylic acids is 3. The number of anilines is 3. The number of aliphatic hydroxyl groups is 1. The topological polar surface area (TPSA) is 120 Å². The molecule has 4 N–H and O–H groups in total. The van der Waals surface area contributed by atoms with Crippen molar-refractivity contribution in [2.24, 2.45) is 0 Å². The van der Waals surface area contributed by atoms with Crippen LogP contribution in [0, 0.1) is 0 Å². The maximum absolute atomic E-state index is 12.6. The van der Waals surface area contributed by atoms with E-state index in [4.69, 9.17) is 4.74 Å². The van der Waals surface area contributed by atoms with Crippen LogP contribution in [0.25, 0.3) is 0 Å². The van der Waals surface area contributed by atoms with Crippen LogP contribution in [0.2, 0.25) is 0 Å². The fraction of sp³-hybridized carbons (Fsp3) is 0.375. The van der Waals surface area contributed by atoms with Crippen LogP contribution in [0.3, 0.4) is 0 Å². The summed E-state index contributed by atoms with van der Waals surface area (Å²) in [4.78, 5) is 38.4. The first kappa shape index (κ1) is 24.4. The molecule has 9 nitrogen and oxygen atoms in total. The predicted octanol–water partition coefficient (Wildman–Crippen LogP) is 2.44. The van der Waals surface area contributed by atoms with Gasteiger partial charge in [-0.05, 0) is 61.0 Å². The third kappa shape index (κ3) is 7.98. The molecule has 1 fully saturated rings. The van der Waals surface area contributed by atoms with Crippen molar-refractivity contribution in [2.75, 3.05) is 48.8 Å². The van der Waals surface area contributed by atoms with Crippen LogP contribution < -0.4 is 16.0 Å². The lowest BCUT2D eigenvalue weighted by molar-refractivity contribution is -0.116. The first-order chi connectivity index (χ1) is 15.9. The Hall–Kier alpha value is -3.27. The molecule has 3 amide bonds. The molecular formula is C24H30N4O5. The summed E-state index contributed by atoms with van der Waals surface area (Å²) in [6.07, 6.45) is 1.21. The average molecular weight is 455 g/mol. The number of rotatable bonds is 9. The molecule has 0 radical (unpaired) electrons. The van der Waals surface area contributed by atoms with E-state index in [1.165, 1.54) is 6.92 Å². The quantitative estimate of drug-likeness (QED) is 0.462. The second-order valence-corrected chi connectivity index (χ2v) is 7.90. The normalized spacial score (nSPS) is 13.9. The number of carbonyl (C=O) groups is 3. The number of morpholine rings is 1. The van der Waals surface area contributed by atoms with Gasteiger partial charge in [0.05, 0.1) is 19.8 Å². The average Bonchev–Trinajstić information content (AvgIpc) is 2.79. The van der Waals surface area contributed by atoms with Crippen LogP contribution in [-0.2, 0) is 20.9 Å². The first-order valence-corrected chi connectivity index (χ1v) is 11.0. The van der Waals surface area contributed by atoms with Crippen LogP contribution >= 0.6 is 0 Å². The SMILES string of the molecule is CC(=O)Nc1cc(CO)cc(NC(=O)c2ccc(NC(=O)CCCN3CCOCC3)cc2)c1. The summed E-state index contributed by atoms with van der Waals surface area (Å²) in [5.41, 5.74) is 2.53. The van der Waals surface area contributed by atoms with Crippen molar-refractivity contribution >= 4 is 34.8 Å². The van der Waals surface area contributed by atoms with E-state index in [2.05, 4.69) is 20.9 Å². The van der Waals surface area contributed by atoms with E-state index in [1.54, 1.807) is 42.5 Å². The third-order valence-electron chi connectivity index (χ3n) is 5.17. The number of benzene rings is 2. The second kappa shape index (κ2) is 12.1. The van der Waals surface area contributed by atoms with Crippen LogP contribution in [0.1, 0.15) is 35.7 Å². The molecule has 2 aromatic rings. The van der Waals surface area contributed by atoms with Gasteiger partial charge in [0.2, 0.25) is 11.8 Å². The Labute approximate surface area is 193 Å². The summed E-state index contributed by atoms with van der Waals surface area (Å²) >= 11 is 0. The van der Waals surface area contributed by atoms with Crippen LogP contribution in [0.15, 0.2) is 42.5 Å². The monoisotopic (exact) mass is 454 g/mol. The standard InChI is InChI=1S/C24H30N4O5/c1-17(30)25-21-13-18(16-29)14-22(15-21)27-24(32)19-4-6-20(7-5-19)26-23(31)3-2-8-28-9-11-33-12-10-28/h4-7,13-15,29H,2-3,8-12,16H2,1H3,(H,25,30)(H,26,31)(H,27,32). The van der Waals surface area contributed by atoms with E-state index in [9.17, 15) is 19.5 Å². The Kier molecular flexibility index (Phi) is 8.94. The van der Waals surface area contributed by atoms with Crippen molar-refractivity contribution in [1.29, 1.82) is 0 Å². The number of aliphatic hydroxyl groups excluding tert-OH is 1. The minimum atomic E-state index is -0.345. The van der Waals surface area contributed by atoms with Gasteiger partial charge in [0.25, 0.3) is 5.91 Å². The molecule has 0 unspecified atom stereocenters. The molecule has 176 valence electrons. The Morgan fingerprint density at radius 2 is 1.61 bits per heavy atom. The molecule has 1 saturated heterocycles. The number of hydrogen-bond donors (Lipinski definition) is 4. The van der Waals surface area contributed by atoms with E-state index in [1.807, 2.05) is 0 Å². The van der Waals surface area contributed by atoms with E-state index in [0.717, 1.165) is 39.3 Å². The first-order valence-electron chi connectivity index (χ1n) is 11.0. The minimum absolute atomic E-state index is 0.0632. The Bertz CT molecular complexity index is 971. The Morgan fingerprint density at radius 1 is 0.939 bits per heavy atom. The summed E-state index contributed by atoms with van der Waals surface area (Å²) in [7, 11) is 0. The van der Waals surface area contributed by atoms with Crippen LogP contribution in [0.4, 0.5) is 17.1 Å². The lowest BCUT2D eigenvalue weighted by atomic mass is 10.1. The Balaban J connectivity index is 1.51. The van der Waals surface area contributed by atoms with Crippen molar-refractivity contribution in [2.45, 2.75) is 26.4 Å². The largest absolute Gasteiger partial charge is 0.392 e. The summed E-state index contributed by atoms with van der Waals surface area (Å²) in [6, 6.07) is 11.5. The molecule has 0 aromatic heterocycles. The molecule has 1 aliphatic heterocycles. The Morgan fingerprint density at radius 3 is 2.24 bits per heavy atom. The van der Waals surface area contributed by atoms with Gasteiger partial charge in [-0.2, -0.15) is 0 Å². The van der Waals surface area contributed by atoms with Crippen LogP contribution in [0.5, 0.6) is 0 Å². The minimum Gasteiger partial charge on any atom is -0.392 e. The van der Waals surface area contributed by atoms with Crippen molar-refractivity contribution < 1.29 is 24.2 Å². The van der Waals surface area contributed by atoms with E-state index in [-0.39, 0.29) is 24.3 Å². The summed E-state index contributed by atoms with van der Waals surface area (Å²) < 4.78 is 5.32. The van der Waals surface area contributed by atoms with Crippen molar-refractivity contribution in [3.63, 3.8) is 0 Å². The fourth-order valence-electron chi connectivity index (χ4n) is 3.55. The lowest BCUT2D eigenvalue weighted by Gasteiger charge is -2.26. The van der Waals surface area contributed by atoms with Gasteiger partial charge in [-0.1, -0.05) is 0 Å². The van der Waals surface area contributed by atoms with Crippen molar-refractivity contribution in [3.8, 4) is 0 Å². The molecule has 0 aliphatic carbocycles. The molecular weight excluding hydrogens is 424 g/mol. The van der Waals surface area contributed by atoms with E-state index >= 15 is 0 Å². The number of amides is 3. The smallest absolute Gasteiger partial charge is 0.255 e. The zero-order chi connectivity index (χ0) is 23.6. The van der Waals surface area contributed by atoms with Gasteiger partial charge in [0, 0.05) is 49.1 Å². The highest BCUT2D eigenvalue weighted by Gasteiger charge is 2.12. The molecule has 0 atom stereocenters. The molecule has 3 rings (SSSR count). The number of nitrogens with one attached hydrogen (secondary N) is 3. The van der Waals surface area contributed by atoms with Gasteiger partial charge < -0.3 is 25.8 Å². The number of hydrogen-bond acceptors (Lipinski definition) is 6. The molecule has 9 heteroatoms. The van der Waals surface area contributed by atoms with Gasteiger partial charge in [0.15, 0.2) is 0 Å². The maximum atomic E-state index is 12.6. The maximum Gasteiger partial charge on any atom is 0.255 e. The van der Waals surface area contributed by atoms with Crippen molar-refractivity contribution in [3.05, 3.63) is 53.6 Å². The van der Waals surface area contributed by atoms with Gasteiger partial charge in [-0.15, -0.1) is 0 Å². The van der Waals surface area contributed by atoms with Crippen molar-refractivity contribution in [1.82, 2.24) is 4.90 Å². The zero-order valence-corrected chi connectivity index (χ0v) is 18.7. The third-order valence-corrected chi connectivity index (χ3v) is 5.17. The van der Waals surface area contributed by atoms with Gasteiger partial charge in [0.1, 0.15) is 0 Å². The van der Waals surface area contributed by atoms with Gasteiger partial charge in [-0.3, -0.25) is 19.3 Å². The summed E-state index contributed by atoms with van der Waals surface area (Å²) in [6.45, 7) is 5.33. The fourth-order valence-corrected chi connectivity index (χ4v) is 3.55. The molecule has 0 saturated carbocycles. The molecule has 0 spiro atoms. The molecule has 33 heavy (non-hydrogen) atoms. The highest BCUT2D eigenvalue weighted by molar-refractivity contribution is 6.05. The predicted molar refractivity (Wildman–Crippen MR) is 126 cm³/mol. The van der Waals surface area contributed by atoms with Gasteiger partial charge >= 0.3 is 0 Å². The van der Waals surface area contributed by atoms with E-state index < -0.39 is 0 Å². The number of nitrogens with zero attached hydrogens (tertiary/aromatic N) is 1. The van der Waals surface area contributed by atoms with Gasteiger partial charge in [-0.25, -0.2) is 0 Å². The van der Waals surface area contributed by atoms with E-state index in [0.29, 0.717) is 34.6 Å². The molecule has 1 heterocycles. The summed E-state index contributed by atoms with van der Waals surface area (Å²) in [5, 5.41) is 17.7. The number of ether oxygens (including phenoxy) is 1. The zero-order valence-electron chi connectivity index (χ0n) is 18.7. The summed E-state index contributed by atoms with van der Waals surface area (Å²) in [5.74, 6) is -0.657. The lowest BCUT2D eigenvalue weighted by Crippen LogP contribution is -2.37. The molecule has 1 aliphatic rings. The molecule has 0 bridgehead atoms.